The van der Waals surface area contributed by atoms with Gasteiger partial charge in [-0.3, -0.25) is 9.59 Å². The van der Waals surface area contributed by atoms with E-state index in [0.717, 1.165) is 64.6 Å². The van der Waals surface area contributed by atoms with Crippen molar-refractivity contribution in [3.8, 4) is 5.75 Å². The molecule has 1 N–H and O–H groups in total. The highest BCUT2D eigenvalue weighted by molar-refractivity contribution is 7.22. The van der Waals surface area contributed by atoms with Crippen molar-refractivity contribution < 1.29 is 14.3 Å². The van der Waals surface area contributed by atoms with Crippen molar-refractivity contribution in [2.75, 3.05) is 25.2 Å². The minimum absolute atomic E-state index is 0.00788. The molecule has 208 valence electrons. The van der Waals surface area contributed by atoms with Crippen LogP contribution in [0.2, 0.25) is 0 Å². The van der Waals surface area contributed by atoms with Gasteiger partial charge < -0.3 is 24.3 Å². The van der Waals surface area contributed by atoms with Gasteiger partial charge in [-0.05, 0) is 61.9 Å². The molecule has 1 atom stereocenters. The Hall–Kier alpha value is -3.69. The van der Waals surface area contributed by atoms with Gasteiger partial charge >= 0.3 is 0 Å². The van der Waals surface area contributed by atoms with Crippen molar-refractivity contribution >= 4 is 32.6 Å². The van der Waals surface area contributed by atoms with Crippen LogP contribution in [0.1, 0.15) is 49.4 Å². The molecule has 6 rings (SSSR count). The molecule has 0 unspecified atom stereocenters. The molecule has 3 heterocycles. The number of pyridine rings is 1. The average Bonchev–Trinajstić information content (AvgIpc) is 3.39. The number of aromatic nitrogens is 2. The Morgan fingerprint density at radius 3 is 2.60 bits per heavy atom. The summed E-state index contributed by atoms with van der Waals surface area (Å²) >= 11 is 1.49. The fraction of sp³-hybridized carbons (Fsp3) is 0.387. The summed E-state index contributed by atoms with van der Waals surface area (Å²) in [5, 5.41) is 3.81. The molecule has 2 aromatic carbocycles. The number of fused-ring (bicyclic) bond motifs is 1. The summed E-state index contributed by atoms with van der Waals surface area (Å²) in [4.78, 5) is 34.1. The number of thiazole rings is 1. The maximum Gasteiger partial charge on any atom is 0.278 e. The Kier molecular flexibility index (Phi) is 7.33. The molecule has 1 saturated heterocycles. The molecule has 0 radical (unpaired) electrons. The van der Waals surface area contributed by atoms with Crippen LogP contribution in [-0.2, 0) is 28.2 Å². The van der Waals surface area contributed by atoms with Gasteiger partial charge in [-0.15, -0.1) is 0 Å². The smallest absolute Gasteiger partial charge is 0.278 e. The first kappa shape index (κ1) is 26.5. The molecular formula is C31H34N4O4S. The number of hydrogen-bond acceptors (Lipinski definition) is 7. The van der Waals surface area contributed by atoms with Gasteiger partial charge in [0.25, 0.3) is 5.56 Å². The molecule has 2 aromatic heterocycles. The predicted octanol–water partition coefficient (Wildman–Crippen LogP) is 4.83. The number of methoxy groups -OCH3 is 1. The van der Waals surface area contributed by atoms with Gasteiger partial charge in [-0.1, -0.05) is 53.8 Å². The molecule has 1 aliphatic carbocycles. The molecule has 2 aliphatic rings. The highest BCUT2D eigenvalue weighted by Gasteiger charge is 2.48. The monoisotopic (exact) mass is 558 g/mol. The van der Waals surface area contributed by atoms with E-state index in [9.17, 15) is 9.59 Å². The van der Waals surface area contributed by atoms with Crippen LogP contribution in [-0.4, -0.2) is 41.8 Å². The molecule has 1 amide bonds. The molecule has 4 aromatic rings. The van der Waals surface area contributed by atoms with E-state index in [0.29, 0.717) is 25.2 Å². The summed E-state index contributed by atoms with van der Waals surface area (Å²) in [5.74, 6) is 0.767. The van der Waals surface area contributed by atoms with Gasteiger partial charge in [0.1, 0.15) is 22.9 Å². The Bertz CT molecular complexity index is 1560. The minimum Gasteiger partial charge on any atom is -0.497 e. The van der Waals surface area contributed by atoms with Crippen LogP contribution in [0.3, 0.4) is 0 Å². The van der Waals surface area contributed by atoms with Crippen molar-refractivity contribution in [1.29, 1.82) is 0 Å². The molecule has 40 heavy (non-hydrogen) atoms. The van der Waals surface area contributed by atoms with Gasteiger partial charge in [0, 0.05) is 19.7 Å². The largest absolute Gasteiger partial charge is 0.497 e. The lowest BCUT2D eigenvalue weighted by Crippen LogP contribution is -2.43. The average molecular weight is 559 g/mol. The third-order valence-corrected chi connectivity index (χ3v) is 8.89. The third kappa shape index (κ3) is 5.11. The molecule has 1 saturated carbocycles. The summed E-state index contributed by atoms with van der Waals surface area (Å²) in [5.41, 5.74) is 2.85. The second-order valence-corrected chi connectivity index (χ2v) is 11.5. The van der Waals surface area contributed by atoms with E-state index in [1.807, 2.05) is 66.1 Å². The van der Waals surface area contributed by atoms with Crippen molar-refractivity contribution in [3.05, 3.63) is 87.8 Å². The predicted molar refractivity (Wildman–Crippen MR) is 157 cm³/mol. The summed E-state index contributed by atoms with van der Waals surface area (Å²) in [7, 11) is 1.64. The SMILES string of the molecule is CCOC1(c2cc3sc(N4CCC[C@@H]4C(=O)NCc4ccccc4)nc3c(=O)n2Cc2ccc(OC)cc2)CC1. The van der Waals surface area contributed by atoms with Crippen molar-refractivity contribution in [1.82, 2.24) is 14.9 Å². The zero-order valence-corrected chi connectivity index (χ0v) is 23.7. The number of nitrogens with zero attached hydrogens (tertiary/aromatic N) is 3. The maximum atomic E-state index is 14.0. The molecule has 0 spiro atoms. The van der Waals surface area contributed by atoms with Gasteiger partial charge in [-0.25, -0.2) is 4.98 Å². The quantitative estimate of drug-likeness (QED) is 0.300. The van der Waals surface area contributed by atoms with Crippen LogP contribution < -0.4 is 20.5 Å². The van der Waals surface area contributed by atoms with Crippen LogP contribution in [0, 0.1) is 0 Å². The summed E-state index contributed by atoms with van der Waals surface area (Å²) < 4.78 is 14.2. The topological polar surface area (TPSA) is 85.7 Å². The molecule has 0 bridgehead atoms. The number of carbonyl (C=O) groups excluding carboxylic acids is 1. The Labute approximate surface area is 237 Å². The third-order valence-electron chi connectivity index (χ3n) is 7.85. The first-order valence-electron chi connectivity index (χ1n) is 13.9. The minimum atomic E-state index is -0.438. The zero-order valence-electron chi connectivity index (χ0n) is 22.9. The molecular weight excluding hydrogens is 524 g/mol. The van der Waals surface area contributed by atoms with Crippen LogP contribution in [0.25, 0.3) is 10.2 Å². The first-order chi connectivity index (χ1) is 19.5. The van der Waals surface area contributed by atoms with E-state index < -0.39 is 5.60 Å². The van der Waals surface area contributed by atoms with Crippen LogP contribution in [0.4, 0.5) is 5.13 Å². The summed E-state index contributed by atoms with van der Waals surface area (Å²) in [6, 6.07) is 19.5. The van der Waals surface area contributed by atoms with E-state index in [1.165, 1.54) is 11.3 Å². The summed E-state index contributed by atoms with van der Waals surface area (Å²) in [6.07, 6.45) is 3.43. The van der Waals surface area contributed by atoms with Crippen LogP contribution in [0.5, 0.6) is 5.75 Å². The number of hydrogen-bond donors (Lipinski definition) is 1. The highest BCUT2D eigenvalue weighted by atomic mass is 32.1. The van der Waals surface area contributed by atoms with Gasteiger partial charge in [-0.2, -0.15) is 0 Å². The number of benzene rings is 2. The van der Waals surface area contributed by atoms with Gasteiger partial charge in [0.15, 0.2) is 5.13 Å². The fourth-order valence-electron chi connectivity index (χ4n) is 5.62. The second-order valence-electron chi connectivity index (χ2n) is 10.5. The Morgan fingerprint density at radius 1 is 1.12 bits per heavy atom. The Balaban J connectivity index is 1.32. The van der Waals surface area contributed by atoms with E-state index in [4.69, 9.17) is 14.5 Å². The number of rotatable bonds is 10. The Morgan fingerprint density at radius 2 is 1.90 bits per heavy atom. The maximum absolute atomic E-state index is 14.0. The zero-order chi connectivity index (χ0) is 27.7. The standard InChI is InChI=1S/C31H34N4O4S/c1-3-39-31(15-16-31)26-18-25-27(29(37)35(26)20-22-11-13-23(38-2)14-12-22)33-30(40-25)34-17-7-10-24(34)28(36)32-19-21-8-5-4-6-9-21/h4-6,8-9,11-14,18,24H,3,7,10,15-17,19-20H2,1-2H3,(H,32,36)/t24-/m1/s1. The van der Waals surface area contributed by atoms with Crippen LogP contribution in [0.15, 0.2) is 65.5 Å². The first-order valence-corrected chi connectivity index (χ1v) is 14.7. The lowest BCUT2D eigenvalue weighted by molar-refractivity contribution is -0.122. The van der Waals surface area contributed by atoms with Gasteiger partial charge in [0.05, 0.1) is 24.0 Å². The number of anilines is 1. The van der Waals surface area contributed by atoms with Gasteiger partial charge in [0.2, 0.25) is 5.91 Å². The lowest BCUT2D eigenvalue weighted by Gasteiger charge is -2.23. The summed E-state index contributed by atoms with van der Waals surface area (Å²) in [6.45, 7) is 4.22. The number of nitrogens with one attached hydrogen (secondary N) is 1. The van der Waals surface area contributed by atoms with E-state index in [2.05, 4.69) is 16.3 Å². The second kappa shape index (κ2) is 11.1. The lowest BCUT2D eigenvalue weighted by atomic mass is 10.1. The molecule has 9 heteroatoms. The molecule has 8 nitrogen and oxygen atoms in total. The molecule has 2 fully saturated rings. The number of amides is 1. The number of ether oxygens (including phenoxy) is 2. The van der Waals surface area contributed by atoms with E-state index in [1.54, 1.807) is 7.11 Å². The normalized spacial score (nSPS) is 17.8. The number of carbonyl (C=O) groups is 1. The molecule has 1 aliphatic heterocycles. The van der Waals surface area contributed by atoms with E-state index in [-0.39, 0.29) is 17.5 Å². The highest BCUT2D eigenvalue weighted by Crippen LogP contribution is 2.50. The van der Waals surface area contributed by atoms with Crippen molar-refractivity contribution in [2.45, 2.75) is 57.3 Å². The van der Waals surface area contributed by atoms with Crippen LogP contribution >= 0.6 is 11.3 Å². The van der Waals surface area contributed by atoms with E-state index >= 15 is 0 Å². The van der Waals surface area contributed by atoms with Crippen molar-refractivity contribution in [3.63, 3.8) is 0 Å². The fourth-order valence-corrected chi connectivity index (χ4v) is 6.69. The van der Waals surface area contributed by atoms with Crippen molar-refractivity contribution in [2.24, 2.45) is 0 Å².